The molecule has 2 atom stereocenters. The number of aryl methyl sites for hydroxylation is 1. The number of pyridine rings is 1. The molecule has 0 aromatic carbocycles. The number of anilines is 1. The van der Waals surface area contributed by atoms with Crippen molar-refractivity contribution in [2.45, 2.75) is 33.0 Å². The zero-order valence-corrected chi connectivity index (χ0v) is 11.9. The first kappa shape index (κ1) is 14.5. The average Bonchev–Trinajstić information content (AvgIpc) is 2.36. The fourth-order valence-corrected chi connectivity index (χ4v) is 2.27. The van der Waals surface area contributed by atoms with Crippen LogP contribution in [0.4, 0.5) is 5.82 Å². The maximum absolute atomic E-state index is 12.1. The van der Waals surface area contributed by atoms with Crippen molar-refractivity contribution >= 4 is 17.6 Å². The van der Waals surface area contributed by atoms with E-state index in [1.54, 1.807) is 12.1 Å². The van der Waals surface area contributed by atoms with Gasteiger partial charge in [0.15, 0.2) is 0 Å². The molecule has 6 nitrogen and oxygen atoms in total. The fourth-order valence-electron chi connectivity index (χ4n) is 2.27. The second kappa shape index (κ2) is 6.00. The molecule has 108 valence electrons. The molecule has 1 saturated heterocycles. The normalized spacial score (nSPS) is 22.4. The second-order valence-electron chi connectivity index (χ2n) is 5.09. The van der Waals surface area contributed by atoms with Crippen molar-refractivity contribution in [1.82, 2.24) is 9.88 Å². The Morgan fingerprint density at radius 1 is 1.30 bits per heavy atom. The van der Waals surface area contributed by atoms with Gasteiger partial charge in [-0.25, -0.2) is 4.98 Å². The zero-order valence-electron chi connectivity index (χ0n) is 11.9. The Bertz CT molecular complexity index is 508. The Kier molecular flexibility index (Phi) is 4.34. The van der Waals surface area contributed by atoms with Crippen molar-refractivity contribution in [2.75, 3.05) is 18.4 Å². The van der Waals surface area contributed by atoms with Gasteiger partial charge in [0.2, 0.25) is 0 Å². The van der Waals surface area contributed by atoms with Crippen LogP contribution in [0.1, 0.15) is 19.5 Å². The third kappa shape index (κ3) is 3.54. The molecule has 20 heavy (non-hydrogen) atoms. The van der Waals surface area contributed by atoms with Crippen molar-refractivity contribution in [3.05, 3.63) is 23.9 Å². The van der Waals surface area contributed by atoms with Crippen LogP contribution in [0.15, 0.2) is 18.2 Å². The van der Waals surface area contributed by atoms with Gasteiger partial charge in [-0.05, 0) is 32.9 Å². The SMILES string of the molecule is Cc1cccc(NC(=O)C(=O)N2CC(C)OC(C)C2)n1. The van der Waals surface area contributed by atoms with E-state index in [0.29, 0.717) is 18.9 Å². The van der Waals surface area contributed by atoms with E-state index in [0.717, 1.165) is 5.69 Å². The molecule has 1 N–H and O–H groups in total. The lowest BCUT2D eigenvalue weighted by molar-refractivity contribution is -0.151. The molecular weight excluding hydrogens is 258 g/mol. The Balaban J connectivity index is 2.00. The molecule has 1 aromatic rings. The number of nitrogens with one attached hydrogen (secondary N) is 1. The molecule has 1 aliphatic heterocycles. The summed E-state index contributed by atoms with van der Waals surface area (Å²) in [6, 6.07) is 5.26. The van der Waals surface area contributed by atoms with Crippen molar-refractivity contribution in [1.29, 1.82) is 0 Å². The molecule has 0 saturated carbocycles. The summed E-state index contributed by atoms with van der Waals surface area (Å²) in [6.07, 6.45) is -0.125. The van der Waals surface area contributed by atoms with E-state index in [2.05, 4.69) is 10.3 Å². The second-order valence-corrected chi connectivity index (χ2v) is 5.09. The molecule has 6 heteroatoms. The first-order valence-corrected chi connectivity index (χ1v) is 6.65. The van der Waals surface area contributed by atoms with E-state index in [9.17, 15) is 9.59 Å². The highest BCUT2D eigenvalue weighted by Crippen LogP contribution is 2.11. The van der Waals surface area contributed by atoms with Crippen LogP contribution in [0.5, 0.6) is 0 Å². The van der Waals surface area contributed by atoms with Gasteiger partial charge in [0, 0.05) is 18.8 Å². The van der Waals surface area contributed by atoms with E-state index in [1.165, 1.54) is 4.90 Å². The number of hydrogen-bond donors (Lipinski definition) is 1. The van der Waals surface area contributed by atoms with Gasteiger partial charge in [0.1, 0.15) is 5.82 Å². The minimum Gasteiger partial charge on any atom is -0.372 e. The molecule has 1 aromatic heterocycles. The first-order valence-electron chi connectivity index (χ1n) is 6.65. The third-order valence-corrected chi connectivity index (χ3v) is 3.03. The van der Waals surface area contributed by atoms with E-state index < -0.39 is 11.8 Å². The molecule has 0 spiro atoms. The number of rotatable bonds is 1. The standard InChI is InChI=1S/C14H19N3O3/c1-9-5-4-6-12(15-9)16-13(18)14(19)17-7-10(2)20-11(3)8-17/h4-6,10-11H,7-8H2,1-3H3,(H,15,16,18). The number of morpholine rings is 1. The summed E-state index contributed by atoms with van der Waals surface area (Å²) >= 11 is 0. The summed E-state index contributed by atoms with van der Waals surface area (Å²) in [5.41, 5.74) is 0.781. The van der Waals surface area contributed by atoms with Gasteiger partial charge in [0.05, 0.1) is 12.2 Å². The van der Waals surface area contributed by atoms with Crippen LogP contribution < -0.4 is 5.32 Å². The molecule has 0 radical (unpaired) electrons. The third-order valence-electron chi connectivity index (χ3n) is 3.03. The summed E-state index contributed by atoms with van der Waals surface area (Å²) in [7, 11) is 0. The van der Waals surface area contributed by atoms with E-state index in [-0.39, 0.29) is 12.2 Å². The number of amides is 2. The minimum absolute atomic E-state index is 0.0624. The smallest absolute Gasteiger partial charge is 0.315 e. The Labute approximate surface area is 118 Å². The summed E-state index contributed by atoms with van der Waals surface area (Å²) in [5, 5.41) is 2.53. The molecule has 2 heterocycles. The van der Waals surface area contributed by atoms with Gasteiger partial charge < -0.3 is 15.0 Å². The Hall–Kier alpha value is -1.95. The number of hydrogen-bond acceptors (Lipinski definition) is 4. The lowest BCUT2D eigenvalue weighted by Crippen LogP contribution is -2.51. The highest BCUT2D eigenvalue weighted by Gasteiger charge is 2.29. The lowest BCUT2D eigenvalue weighted by atomic mass is 10.2. The molecule has 1 aliphatic rings. The number of nitrogens with zero attached hydrogens (tertiary/aromatic N) is 2. The maximum Gasteiger partial charge on any atom is 0.315 e. The molecule has 0 aliphatic carbocycles. The molecule has 1 fully saturated rings. The van der Waals surface area contributed by atoms with Crippen molar-refractivity contribution in [2.24, 2.45) is 0 Å². The average molecular weight is 277 g/mol. The minimum atomic E-state index is -0.663. The number of ether oxygens (including phenoxy) is 1. The summed E-state index contributed by atoms with van der Waals surface area (Å²) < 4.78 is 5.54. The van der Waals surface area contributed by atoms with Crippen molar-refractivity contribution in [3.63, 3.8) is 0 Å². The van der Waals surface area contributed by atoms with Gasteiger partial charge in [-0.15, -0.1) is 0 Å². The highest BCUT2D eigenvalue weighted by atomic mass is 16.5. The van der Waals surface area contributed by atoms with E-state index in [4.69, 9.17) is 4.74 Å². The van der Waals surface area contributed by atoms with Crippen LogP contribution >= 0.6 is 0 Å². The van der Waals surface area contributed by atoms with Gasteiger partial charge in [0.25, 0.3) is 0 Å². The van der Waals surface area contributed by atoms with Gasteiger partial charge in [-0.1, -0.05) is 6.07 Å². The summed E-state index contributed by atoms with van der Waals surface area (Å²) in [5.74, 6) is -0.822. The summed E-state index contributed by atoms with van der Waals surface area (Å²) in [4.78, 5) is 29.7. The maximum atomic E-state index is 12.1. The van der Waals surface area contributed by atoms with Gasteiger partial charge >= 0.3 is 11.8 Å². The lowest BCUT2D eigenvalue weighted by Gasteiger charge is -2.34. The molecule has 2 rings (SSSR count). The topological polar surface area (TPSA) is 71.5 Å². The quantitative estimate of drug-likeness (QED) is 0.776. The highest BCUT2D eigenvalue weighted by molar-refractivity contribution is 6.39. The first-order chi connectivity index (χ1) is 9.45. The van der Waals surface area contributed by atoms with Gasteiger partial charge in [-0.2, -0.15) is 0 Å². The molecular formula is C14H19N3O3. The van der Waals surface area contributed by atoms with Crippen molar-refractivity contribution in [3.8, 4) is 0 Å². The predicted molar refractivity (Wildman–Crippen MR) is 74.2 cm³/mol. The molecule has 2 unspecified atom stereocenters. The summed E-state index contributed by atoms with van der Waals surface area (Å²) in [6.45, 7) is 6.45. The van der Waals surface area contributed by atoms with Crippen LogP contribution in [0.2, 0.25) is 0 Å². The van der Waals surface area contributed by atoms with E-state index >= 15 is 0 Å². The van der Waals surface area contributed by atoms with Crippen LogP contribution in [0.3, 0.4) is 0 Å². The largest absolute Gasteiger partial charge is 0.372 e. The number of carbonyl (C=O) groups is 2. The van der Waals surface area contributed by atoms with Crippen molar-refractivity contribution < 1.29 is 14.3 Å². The Morgan fingerprint density at radius 2 is 1.95 bits per heavy atom. The van der Waals surface area contributed by atoms with Crippen LogP contribution in [-0.2, 0) is 14.3 Å². The van der Waals surface area contributed by atoms with Crippen LogP contribution in [0, 0.1) is 6.92 Å². The van der Waals surface area contributed by atoms with E-state index in [1.807, 2.05) is 26.8 Å². The van der Waals surface area contributed by atoms with Crippen LogP contribution in [-0.4, -0.2) is 47.0 Å². The zero-order chi connectivity index (χ0) is 14.7. The van der Waals surface area contributed by atoms with Crippen LogP contribution in [0.25, 0.3) is 0 Å². The molecule has 0 bridgehead atoms. The predicted octanol–water partition coefficient (Wildman–Crippen LogP) is 0.964. The number of aromatic nitrogens is 1. The molecule has 2 amide bonds. The monoisotopic (exact) mass is 277 g/mol. The Morgan fingerprint density at radius 3 is 2.55 bits per heavy atom. The fraction of sp³-hybridized carbons (Fsp3) is 0.500. The van der Waals surface area contributed by atoms with Gasteiger partial charge in [-0.3, -0.25) is 9.59 Å². The number of carbonyl (C=O) groups excluding carboxylic acids is 2.